The number of nitrogens with one attached hydrogen (secondary N) is 1. The van der Waals surface area contributed by atoms with E-state index in [0.717, 1.165) is 28.1 Å². The normalized spacial score (nSPS) is 10.9. The van der Waals surface area contributed by atoms with Crippen molar-refractivity contribution in [1.82, 2.24) is 19.7 Å². The zero-order chi connectivity index (χ0) is 21.1. The van der Waals surface area contributed by atoms with E-state index in [9.17, 15) is 4.79 Å². The molecule has 2 aromatic heterocycles. The van der Waals surface area contributed by atoms with Crippen LogP contribution < -0.4 is 5.32 Å². The van der Waals surface area contributed by atoms with E-state index in [2.05, 4.69) is 20.4 Å². The van der Waals surface area contributed by atoms with Crippen LogP contribution in [0.3, 0.4) is 0 Å². The van der Waals surface area contributed by atoms with Gasteiger partial charge in [0.15, 0.2) is 0 Å². The number of nitrogens with zero attached hydrogens (tertiary/aromatic N) is 4. The molecule has 6 heteroatoms. The van der Waals surface area contributed by atoms with E-state index in [4.69, 9.17) is 0 Å². The summed E-state index contributed by atoms with van der Waals surface area (Å²) in [6.45, 7) is 5.97. The maximum atomic E-state index is 13.2. The van der Waals surface area contributed by atoms with Gasteiger partial charge in [-0.3, -0.25) is 4.79 Å². The van der Waals surface area contributed by atoms with Gasteiger partial charge < -0.3 is 5.32 Å². The number of hydrogen-bond donors (Lipinski definition) is 1. The molecule has 0 aliphatic carbocycles. The third-order valence-electron chi connectivity index (χ3n) is 5.28. The molecule has 0 atom stereocenters. The Bertz CT molecular complexity index is 1110. The van der Waals surface area contributed by atoms with E-state index >= 15 is 0 Å². The number of anilines is 1. The van der Waals surface area contributed by atoms with Crippen LogP contribution in [0, 0.1) is 20.8 Å². The van der Waals surface area contributed by atoms with Crippen molar-refractivity contribution in [3.63, 3.8) is 0 Å². The van der Waals surface area contributed by atoms with Gasteiger partial charge in [0.2, 0.25) is 5.91 Å². The Morgan fingerprint density at radius 3 is 1.87 bits per heavy atom. The van der Waals surface area contributed by atoms with Crippen LogP contribution in [0.2, 0.25) is 0 Å². The van der Waals surface area contributed by atoms with Gasteiger partial charge in [-0.1, -0.05) is 60.7 Å². The predicted molar refractivity (Wildman–Crippen MR) is 117 cm³/mol. The molecule has 0 bridgehead atoms. The van der Waals surface area contributed by atoms with Crippen molar-refractivity contribution in [3.8, 4) is 5.95 Å². The summed E-state index contributed by atoms with van der Waals surface area (Å²) in [5, 5.41) is 7.44. The molecule has 150 valence electrons. The molecule has 2 heterocycles. The molecule has 4 aromatic rings. The molecular weight excluding hydrogens is 374 g/mol. The van der Waals surface area contributed by atoms with Crippen molar-refractivity contribution in [2.45, 2.75) is 26.7 Å². The Morgan fingerprint density at radius 1 is 0.867 bits per heavy atom. The highest BCUT2D eigenvalue weighted by Gasteiger charge is 2.23. The third kappa shape index (κ3) is 3.85. The molecule has 0 aliphatic heterocycles. The van der Waals surface area contributed by atoms with Gasteiger partial charge in [0, 0.05) is 5.69 Å². The van der Waals surface area contributed by atoms with Crippen LogP contribution in [0.25, 0.3) is 5.95 Å². The Kier molecular flexibility index (Phi) is 5.39. The first-order valence-corrected chi connectivity index (χ1v) is 9.80. The largest absolute Gasteiger partial charge is 0.323 e. The molecule has 1 amide bonds. The number of hydrogen-bond acceptors (Lipinski definition) is 4. The summed E-state index contributed by atoms with van der Waals surface area (Å²) in [7, 11) is 0. The molecule has 0 aliphatic rings. The summed E-state index contributed by atoms with van der Waals surface area (Å²) >= 11 is 0. The Morgan fingerprint density at radius 2 is 1.40 bits per heavy atom. The standard InChI is InChI=1S/C24H23N5O/c1-16-17(2)28-29(18(16)3)24-25-14-21(15-26-24)27-23(30)22(19-10-6-4-7-11-19)20-12-8-5-9-13-20/h4-15,22H,1-3H3,(H,27,30). The molecule has 4 rings (SSSR count). The molecular formula is C24H23N5O. The first-order chi connectivity index (χ1) is 14.5. The maximum Gasteiger partial charge on any atom is 0.250 e. The van der Waals surface area contributed by atoms with Crippen molar-refractivity contribution >= 4 is 11.6 Å². The van der Waals surface area contributed by atoms with Crippen LogP contribution in [-0.4, -0.2) is 25.7 Å². The molecule has 0 fully saturated rings. The molecule has 0 saturated heterocycles. The number of amides is 1. The number of aromatic nitrogens is 4. The van der Waals surface area contributed by atoms with E-state index in [1.165, 1.54) is 0 Å². The Balaban J connectivity index is 1.59. The summed E-state index contributed by atoms with van der Waals surface area (Å²) in [4.78, 5) is 22.0. The van der Waals surface area contributed by atoms with Crippen LogP contribution >= 0.6 is 0 Å². The van der Waals surface area contributed by atoms with Gasteiger partial charge >= 0.3 is 0 Å². The summed E-state index contributed by atoms with van der Waals surface area (Å²) < 4.78 is 1.72. The highest BCUT2D eigenvalue weighted by molar-refractivity contribution is 5.97. The van der Waals surface area contributed by atoms with Crippen LogP contribution in [0.15, 0.2) is 73.1 Å². The molecule has 0 spiro atoms. The number of rotatable bonds is 5. The fourth-order valence-corrected chi connectivity index (χ4v) is 3.41. The molecule has 0 unspecified atom stereocenters. The summed E-state index contributed by atoms with van der Waals surface area (Å²) in [5.41, 5.74) is 5.46. The fraction of sp³-hybridized carbons (Fsp3) is 0.167. The Hall–Kier alpha value is -3.80. The van der Waals surface area contributed by atoms with Crippen LogP contribution in [0.1, 0.15) is 34.0 Å². The number of benzene rings is 2. The average molecular weight is 397 g/mol. The van der Waals surface area contributed by atoms with Crippen LogP contribution in [0.4, 0.5) is 5.69 Å². The summed E-state index contributed by atoms with van der Waals surface area (Å²) in [5.74, 6) is -0.0826. The van der Waals surface area contributed by atoms with Crippen molar-refractivity contribution in [3.05, 3.63) is 101 Å². The van der Waals surface area contributed by atoms with Gasteiger partial charge in [0.25, 0.3) is 5.95 Å². The second-order valence-corrected chi connectivity index (χ2v) is 7.22. The summed E-state index contributed by atoms with van der Waals surface area (Å²) in [6, 6.07) is 19.5. The number of carbonyl (C=O) groups excluding carboxylic acids is 1. The zero-order valence-electron chi connectivity index (χ0n) is 17.2. The highest BCUT2D eigenvalue weighted by atomic mass is 16.1. The SMILES string of the molecule is Cc1nn(-c2ncc(NC(=O)C(c3ccccc3)c3ccccc3)cn2)c(C)c1C. The van der Waals surface area contributed by atoms with Gasteiger partial charge in [0.05, 0.1) is 29.7 Å². The first kappa shape index (κ1) is 19.5. The lowest BCUT2D eigenvalue weighted by Gasteiger charge is -2.17. The lowest BCUT2D eigenvalue weighted by molar-refractivity contribution is -0.116. The lowest BCUT2D eigenvalue weighted by atomic mass is 9.90. The van der Waals surface area contributed by atoms with E-state index < -0.39 is 5.92 Å². The number of aryl methyl sites for hydroxylation is 1. The molecule has 0 radical (unpaired) electrons. The zero-order valence-corrected chi connectivity index (χ0v) is 17.2. The van der Waals surface area contributed by atoms with Crippen molar-refractivity contribution < 1.29 is 4.79 Å². The third-order valence-corrected chi connectivity index (χ3v) is 5.28. The summed E-state index contributed by atoms with van der Waals surface area (Å²) in [6.07, 6.45) is 3.22. The molecule has 6 nitrogen and oxygen atoms in total. The van der Waals surface area contributed by atoms with Gasteiger partial charge in [-0.2, -0.15) is 5.10 Å². The van der Waals surface area contributed by atoms with E-state index in [0.29, 0.717) is 11.6 Å². The Labute approximate surface area is 175 Å². The quantitative estimate of drug-likeness (QED) is 0.543. The highest BCUT2D eigenvalue weighted by Crippen LogP contribution is 2.26. The fourth-order valence-electron chi connectivity index (χ4n) is 3.41. The minimum absolute atomic E-state index is 0.134. The van der Waals surface area contributed by atoms with Gasteiger partial charge in [-0.15, -0.1) is 0 Å². The first-order valence-electron chi connectivity index (χ1n) is 9.80. The minimum Gasteiger partial charge on any atom is -0.323 e. The predicted octanol–water partition coefficient (Wildman–Crippen LogP) is 4.36. The lowest BCUT2D eigenvalue weighted by Crippen LogP contribution is -2.22. The van der Waals surface area contributed by atoms with Crippen LogP contribution in [0.5, 0.6) is 0 Å². The van der Waals surface area contributed by atoms with Crippen molar-refractivity contribution in [1.29, 1.82) is 0 Å². The van der Waals surface area contributed by atoms with Crippen molar-refractivity contribution in [2.75, 3.05) is 5.32 Å². The molecule has 1 N–H and O–H groups in total. The van der Waals surface area contributed by atoms with Crippen molar-refractivity contribution in [2.24, 2.45) is 0 Å². The van der Waals surface area contributed by atoms with Crippen LogP contribution in [-0.2, 0) is 4.79 Å². The van der Waals surface area contributed by atoms with E-state index in [1.54, 1.807) is 17.1 Å². The molecule has 30 heavy (non-hydrogen) atoms. The van der Waals surface area contributed by atoms with Gasteiger partial charge in [0.1, 0.15) is 0 Å². The topological polar surface area (TPSA) is 72.7 Å². The monoisotopic (exact) mass is 397 g/mol. The number of carbonyl (C=O) groups is 1. The van der Waals surface area contributed by atoms with E-state index in [1.807, 2.05) is 81.4 Å². The second kappa shape index (κ2) is 8.29. The molecule has 0 saturated carbocycles. The molecule has 2 aromatic carbocycles. The minimum atomic E-state index is -0.425. The van der Waals surface area contributed by atoms with Gasteiger partial charge in [-0.05, 0) is 37.5 Å². The van der Waals surface area contributed by atoms with Gasteiger partial charge in [-0.25, -0.2) is 14.6 Å². The van der Waals surface area contributed by atoms with E-state index in [-0.39, 0.29) is 5.91 Å². The maximum absolute atomic E-state index is 13.2. The average Bonchev–Trinajstić information content (AvgIpc) is 3.03. The second-order valence-electron chi connectivity index (χ2n) is 7.22. The smallest absolute Gasteiger partial charge is 0.250 e.